The molecule has 196 valence electrons. The van der Waals surface area contributed by atoms with Gasteiger partial charge in [0.15, 0.2) is 5.60 Å². The zero-order valence-electron chi connectivity index (χ0n) is 21.4. The van der Waals surface area contributed by atoms with E-state index in [1.54, 1.807) is 0 Å². The number of nitriles is 1. The second-order valence-corrected chi connectivity index (χ2v) is 12.7. The number of aliphatic hydroxyl groups is 1. The molecule has 0 amide bonds. The SMILES string of the molecule is C[C@@H](CC(=O)[C@H]1CC[C@H]2[C@@H]3CC[C@@H]4C[C@@](O)(C(F)(F)F)CC[C@@H]4[C@H]3CC[C@]12C)c1ccc(C#N)cc1. The van der Waals surface area contributed by atoms with Crippen LogP contribution in [0.2, 0.25) is 0 Å². The molecule has 9 atom stereocenters. The molecule has 1 aromatic carbocycles. The number of fused-ring (bicyclic) bond motifs is 5. The number of carbonyl (C=O) groups is 1. The van der Waals surface area contributed by atoms with Gasteiger partial charge in [-0.15, -0.1) is 0 Å². The topological polar surface area (TPSA) is 61.1 Å². The molecule has 0 aliphatic heterocycles. The molecular formula is C30H38F3NO2. The Morgan fingerprint density at radius 2 is 1.75 bits per heavy atom. The van der Waals surface area contributed by atoms with Crippen LogP contribution in [0.15, 0.2) is 24.3 Å². The first-order valence-electron chi connectivity index (χ1n) is 13.8. The number of rotatable bonds is 4. The summed E-state index contributed by atoms with van der Waals surface area (Å²) in [6.45, 7) is 4.39. The second-order valence-electron chi connectivity index (χ2n) is 12.7. The molecule has 0 heterocycles. The van der Waals surface area contributed by atoms with Crippen molar-refractivity contribution >= 4 is 5.78 Å². The summed E-state index contributed by atoms with van der Waals surface area (Å²) in [4.78, 5) is 13.6. The van der Waals surface area contributed by atoms with Crippen molar-refractivity contribution in [3.63, 3.8) is 0 Å². The number of nitrogens with zero attached hydrogens (tertiary/aromatic N) is 1. The fourth-order valence-corrected chi connectivity index (χ4v) is 9.11. The Labute approximate surface area is 212 Å². The van der Waals surface area contributed by atoms with E-state index in [9.17, 15) is 23.1 Å². The number of carbonyl (C=O) groups excluding carboxylic acids is 1. The molecule has 4 saturated carbocycles. The van der Waals surface area contributed by atoms with Crippen LogP contribution in [0.1, 0.15) is 95.1 Å². The predicted molar refractivity (Wildman–Crippen MR) is 131 cm³/mol. The smallest absolute Gasteiger partial charge is 0.380 e. The van der Waals surface area contributed by atoms with Crippen LogP contribution in [-0.2, 0) is 4.79 Å². The normalized spacial score (nSPS) is 40.9. The van der Waals surface area contributed by atoms with E-state index in [0.29, 0.717) is 41.9 Å². The van der Waals surface area contributed by atoms with Crippen LogP contribution in [0, 0.1) is 52.3 Å². The second kappa shape index (κ2) is 9.15. The van der Waals surface area contributed by atoms with E-state index in [0.717, 1.165) is 44.1 Å². The van der Waals surface area contributed by atoms with Gasteiger partial charge in [-0.25, -0.2) is 0 Å². The number of hydrogen-bond donors (Lipinski definition) is 1. The first-order chi connectivity index (χ1) is 17.0. The summed E-state index contributed by atoms with van der Waals surface area (Å²) in [5.41, 5.74) is -0.825. The number of benzene rings is 1. The third-order valence-electron chi connectivity index (χ3n) is 11.0. The maximum atomic E-state index is 13.6. The number of halogens is 3. The van der Waals surface area contributed by atoms with Crippen molar-refractivity contribution in [2.75, 3.05) is 0 Å². The third kappa shape index (κ3) is 4.20. The Balaban J connectivity index is 1.26. The molecule has 0 saturated heterocycles. The van der Waals surface area contributed by atoms with Crippen molar-refractivity contribution in [3.8, 4) is 6.07 Å². The van der Waals surface area contributed by atoms with E-state index < -0.39 is 11.8 Å². The van der Waals surface area contributed by atoms with Gasteiger partial charge in [-0.05, 0) is 116 Å². The van der Waals surface area contributed by atoms with Gasteiger partial charge in [0.05, 0.1) is 11.6 Å². The Bertz CT molecular complexity index is 1030. The lowest BCUT2D eigenvalue weighted by Crippen LogP contribution is -2.55. The van der Waals surface area contributed by atoms with Crippen molar-refractivity contribution in [3.05, 3.63) is 35.4 Å². The quantitative estimate of drug-likeness (QED) is 0.475. The van der Waals surface area contributed by atoms with Crippen LogP contribution in [0.5, 0.6) is 0 Å². The molecule has 0 radical (unpaired) electrons. The van der Waals surface area contributed by atoms with Crippen molar-refractivity contribution in [2.45, 2.75) is 95.8 Å². The van der Waals surface area contributed by atoms with Crippen LogP contribution in [0.3, 0.4) is 0 Å². The molecule has 1 aromatic rings. The van der Waals surface area contributed by atoms with Crippen LogP contribution < -0.4 is 0 Å². The summed E-state index contributed by atoms with van der Waals surface area (Å²) in [5.74, 6) is 2.15. The standard InChI is InChI=1S/C30H38F3NO2/c1-18(20-5-3-19(17-34)4-6-20)15-27(35)26-10-9-25-24-8-7-21-16-29(36,30(31,32)33)14-12-22(21)23(24)11-13-28(25,26)2/h3-6,18,21-26,36H,7-16H2,1-2H3/t18-,21+,22-,23+,24+,25-,26+,28-,29+/m0/s1. The fourth-order valence-electron chi connectivity index (χ4n) is 9.11. The van der Waals surface area contributed by atoms with Gasteiger partial charge in [0.25, 0.3) is 0 Å². The van der Waals surface area contributed by atoms with Crippen LogP contribution in [0.25, 0.3) is 0 Å². The van der Waals surface area contributed by atoms with E-state index in [1.807, 2.05) is 24.3 Å². The Hall–Kier alpha value is -1.87. The Kier molecular flexibility index (Phi) is 6.55. The summed E-state index contributed by atoms with van der Waals surface area (Å²) in [6.07, 6.45) is 1.77. The molecule has 6 heteroatoms. The van der Waals surface area contributed by atoms with E-state index in [4.69, 9.17) is 5.26 Å². The summed E-state index contributed by atoms with van der Waals surface area (Å²) in [6, 6.07) is 9.65. The highest BCUT2D eigenvalue weighted by Gasteiger charge is 2.62. The van der Waals surface area contributed by atoms with Crippen LogP contribution in [0.4, 0.5) is 13.2 Å². The average molecular weight is 502 g/mol. The largest absolute Gasteiger partial charge is 0.417 e. The summed E-state index contributed by atoms with van der Waals surface area (Å²) in [7, 11) is 0. The lowest BCUT2D eigenvalue weighted by molar-refractivity contribution is -0.282. The Morgan fingerprint density at radius 1 is 1.06 bits per heavy atom. The zero-order valence-corrected chi connectivity index (χ0v) is 21.4. The summed E-state index contributed by atoms with van der Waals surface area (Å²) in [5, 5.41) is 19.4. The summed E-state index contributed by atoms with van der Waals surface area (Å²) >= 11 is 0. The van der Waals surface area contributed by atoms with Crippen molar-refractivity contribution in [1.29, 1.82) is 5.26 Å². The fraction of sp³-hybridized carbons (Fsp3) is 0.733. The first-order valence-corrected chi connectivity index (χ1v) is 13.8. The van der Waals surface area contributed by atoms with Gasteiger partial charge in [-0.2, -0.15) is 18.4 Å². The molecule has 36 heavy (non-hydrogen) atoms. The van der Waals surface area contributed by atoms with E-state index in [2.05, 4.69) is 19.9 Å². The lowest BCUT2D eigenvalue weighted by atomic mass is 9.48. The van der Waals surface area contributed by atoms with Crippen molar-refractivity contribution < 1.29 is 23.1 Å². The van der Waals surface area contributed by atoms with Crippen LogP contribution in [-0.4, -0.2) is 22.7 Å². The van der Waals surface area contributed by atoms with Gasteiger partial charge >= 0.3 is 6.18 Å². The van der Waals surface area contributed by atoms with Gasteiger partial charge in [0.2, 0.25) is 0 Å². The van der Waals surface area contributed by atoms with Gasteiger partial charge in [-0.1, -0.05) is 26.0 Å². The predicted octanol–water partition coefficient (Wildman–Crippen LogP) is 7.18. The minimum Gasteiger partial charge on any atom is -0.380 e. The molecular weight excluding hydrogens is 463 g/mol. The number of hydrogen-bond acceptors (Lipinski definition) is 3. The zero-order chi connectivity index (χ0) is 25.9. The van der Waals surface area contributed by atoms with Gasteiger partial charge in [0.1, 0.15) is 5.78 Å². The molecule has 1 N–H and O–H groups in total. The van der Waals surface area contributed by atoms with Crippen molar-refractivity contribution in [1.82, 2.24) is 0 Å². The molecule has 0 bridgehead atoms. The van der Waals surface area contributed by atoms with Gasteiger partial charge in [-0.3, -0.25) is 4.79 Å². The third-order valence-corrected chi connectivity index (χ3v) is 11.0. The minimum atomic E-state index is -4.55. The van der Waals surface area contributed by atoms with Gasteiger partial charge in [0, 0.05) is 12.3 Å². The highest BCUT2D eigenvalue weighted by atomic mass is 19.4. The highest BCUT2D eigenvalue weighted by molar-refractivity contribution is 5.83. The molecule has 4 aliphatic carbocycles. The molecule has 3 nitrogen and oxygen atoms in total. The number of ketones is 1. The average Bonchev–Trinajstić information content (AvgIpc) is 3.20. The van der Waals surface area contributed by atoms with E-state index >= 15 is 0 Å². The van der Waals surface area contributed by atoms with E-state index in [1.165, 1.54) is 0 Å². The number of Topliss-reactive ketones (excluding diaryl/α,β-unsaturated/α-hetero) is 1. The van der Waals surface area contributed by atoms with Crippen molar-refractivity contribution in [2.24, 2.45) is 40.9 Å². The lowest BCUT2D eigenvalue weighted by Gasteiger charge is -2.57. The molecule has 4 aliphatic rings. The van der Waals surface area contributed by atoms with Gasteiger partial charge < -0.3 is 5.11 Å². The Morgan fingerprint density at radius 3 is 2.42 bits per heavy atom. The van der Waals surface area contributed by atoms with E-state index in [-0.39, 0.29) is 41.9 Å². The first kappa shape index (κ1) is 25.8. The maximum Gasteiger partial charge on any atom is 0.417 e. The van der Waals surface area contributed by atoms with Crippen LogP contribution >= 0.6 is 0 Å². The number of alkyl halides is 3. The monoisotopic (exact) mass is 501 g/mol. The molecule has 0 unspecified atom stereocenters. The molecule has 4 fully saturated rings. The molecule has 0 spiro atoms. The minimum absolute atomic E-state index is 0.0170. The summed E-state index contributed by atoms with van der Waals surface area (Å²) < 4.78 is 40.5. The highest BCUT2D eigenvalue weighted by Crippen LogP contribution is 2.65. The molecule has 5 rings (SSSR count). The molecule has 0 aromatic heterocycles. The maximum absolute atomic E-state index is 13.6.